The first-order valence-electron chi connectivity index (χ1n) is 7.61. The molecule has 1 aliphatic heterocycles. The molecule has 1 unspecified atom stereocenters. The van der Waals surface area contributed by atoms with Crippen LogP contribution in [0.5, 0.6) is 0 Å². The third-order valence-electron chi connectivity index (χ3n) is 4.05. The highest BCUT2D eigenvalue weighted by Crippen LogP contribution is 2.27. The minimum atomic E-state index is -0.181. The van der Waals surface area contributed by atoms with E-state index in [1.54, 1.807) is 12.1 Å². The van der Waals surface area contributed by atoms with E-state index in [9.17, 15) is 5.21 Å². The van der Waals surface area contributed by atoms with Gasteiger partial charge in [-0.2, -0.15) is 5.43 Å². The van der Waals surface area contributed by atoms with Crippen LogP contribution >= 0.6 is 22.9 Å². The number of hydrogen-bond donors (Lipinski definition) is 4. The molecule has 5 N–H and O–H groups in total. The fourth-order valence-corrected chi connectivity index (χ4v) is 3.67. The number of thiophene rings is 1. The Morgan fingerprint density at radius 2 is 2.29 bits per heavy atom. The molecular formula is C14H19ClN6O2S. The lowest BCUT2D eigenvalue weighted by atomic mass is 9.93. The molecule has 130 valence electrons. The molecule has 0 aromatic carbocycles. The van der Waals surface area contributed by atoms with Crippen molar-refractivity contribution in [1.29, 1.82) is 5.41 Å². The molecule has 3 rings (SSSR count). The van der Waals surface area contributed by atoms with Gasteiger partial charge in [-0.1, -0.05) is 28.1 Å². The second-order valence-electron chi connectivity index (χ2n) is 5.65. The van der Waals surface area contributed by atoms with Crippen LogP contribution < -0.4 is 16.3 Å². The largest absolute Gasteiger partial charge is 0.607 e. The van der Waals surface area contributed by atoms with Gasteiger partial charge in [-0.3, -0.25) is 10.6 Å². The Bertz CT molecular complexity index is 697. The van der Waals surface area contributed by atoms with Crippen LogP contribution in [0.4, 0.5) is 5.00 Å². The molecule has 0 amide bonds. The summed E-state index contributed by atoms with van der Waals surface area (Å²) in [4.78, 5) is 1.85. The van der Waals surface area contributed by atoms with Gasteiger partial charge >= 0.3 is 0 Å². The second kappa shape index (κ2) is 7.49. The summed E-state index contributed by atoms with van der Waals surface area (Å²) in [6, 6.07) is 5.27. The van der Waals surface area contributed by atoms with Crippen molar-refractivity contribution in [3.8, 4) is 0 Å². The summed E-state index contributed by atoms with van der Waals surface area (Å²) in [7, 11) is 0. The number of aromatic nitrogens is 1. The van der Waals surface area contributed by atoms with Crippen molar-refractivity contribution in [3.05, 3.63) is 39.2 Å². The molecule has 0 aliphatic carbocycles. The van der Waals surface area contributed by atoms with Gasteiger partial charge in [-0.05, 0) is 18.9 Å². The highest BCUT2D eigenvalue weighted by atomic mass is 35.5. The third kappa shape index (κ3) is 4.05. The maximum atomic E-state index is 12.0. The van der Waals surface area contributed by atoms with Crippen molar-refractivity contribution < 1.29 is 9.70 Å². The fraction of sp³-hybridized carbons (Fsp3) is 0.429. The van der Waals surface area contributed by atoms with Crippen LogP contribution in [0.1, 0.15) is 30.2 Å². The predicted octanol–water partition coefficient (Wildman–Crippen LogP) is 1.18. The van der Waals surface area contributed by atoms with Crippen molar-refractivity contribution >= 4 is 33.9 Å². The number of nitrogens with one attached hydrogen (secondary N) is 3. The molecule has 0 saturated carbocycles. The number of guanidine groups is 1. The van der Waals surface area contributed by atoms with E-state index in [2.05, 4.69) is 10.6 Å². The normalized spacial score (nSPS) is 17.2. The number of rotatable bonds is 5. The molecule has 2 aromatic rings. The SMILES string of the molecule is N=C(N)N1CCC(c2cc(CN[NH+]([O-])c3ccc(Cl)s3)on2)CC1. The second-order valence-corrected chi connectivity index (χ2v) is 7.37. The Balaban J connectivity index is 1.51. The molecular weight excluding hydrogens is 352 g/mol. The number of piperidine rings is 1. The summed E-state index contributed by atoms with van der Waals surface area (Å²) < 4.78 is 5.90. The molecule has 1 aliphatic rings. The quantitative estimate of drug-likeness (QED) is 0.356. The van der Waals surface area contributed by atoms with Gasteiger partial charge in [0.2, 0.25) is 5.00 Å². The van der Waals surface area contributed by atoms with Crippen LogP contribution in [0, 0.1) is 10.6 Å². The highest BCUT2D eigenvalue weighted by molar-refractivity contribution is 7.19. The summed E-state index contributed by atoms with van der Waals surface area (Å²) in [5, 5.41) is 23.9. The van der Waals surface area contributed by atoms with Crippen molar-refractivity contribution in [2.24, 2.45) is 5.73 Å². The van der Waals surface area contributed by atoms with Gasteiger partial charge in [0.05, 0.1) is 10.0 Å². The number of quaternary nitrogens is 1. The lowest BCUT2D eigenvalue weighted by Crippen LogP contribution is -3.09. The van der Waals surface area contributed by atoms with Crippen molar-refractivity contribution in [3.63, 3.8) is 0 Å². The van der Waals surface area contributed by atoms with E-state index >= 15 is 0 Å². The van der Waals surface area contributed by atoms with Gasteiger partial charge in [-0.25, -0.2) is 0 Å². The van der Waals surface area contributed by atoms with Crippen LogP contribution in [0.3, 0.4) is 0 Å². The van der Waals surface area contributed by atoms with Gasteiger partial charge in [0, 0.05) is 31.1 Å². The third-order valence-corrected chi connectivity index (χ3v) is 5.28. The first kappa shape index (κ1) is 17.2. The van der Waals surface area contributed by atoms with Gasteiger partial charge in [0.15, 0.2) is 11.7 Å². The van der Waals surface area contributed by atoms with Crippen molar-refractivity contribution in [1.82, 2.24) is 15.5 Å². The van der Waals surface area contributed by atoms with Crippen molar-refractivity contribution in [2.75, 3.05) is 13.1 Å². The molecule has 0 spiro atoms. The minimum Gasteiger partial charge on any atom is -0.607 e. The molecule has 1 atom stereocenters. The zero-order valence-electron chi connectivity index (χ0n) is 12.9. The Morgan fingerprint density at radius 1 is 1.54 bits per heavy atom. The van der Waals surface area contributed by atoms with Crippen LogP contribution in [0.25, 0.3) is 0 Å². The maximum absolute atomic E-state index is 12.0. The van der Waals surface area contributed by atoms with Crippen LogP contribution in [0.15, 0.2) is 22.7 Å². The first-order chi connectivity index (χ1) is 11.5. The maximum Gasteiger partial charge on any atom is 0.207 e. The number of likely N-dealkylation sites (tertiary alicyclic amines) is 1. The monoisotopic (exact) mass is 370 g/mol. The standard InChI is InChI=1S/C14H19ClN6O2S/c15-12-1-2-13(24-12)21(22)18-8-10-7-11(19-23-10)9-3-5-20(6-4-9)14(16)17/h1-2,7,9,18,21H,3-6,8H2,(H3,16,17). The fourth-order valence-electron chi connectivity index (χ4n) is 2.71. The number of halogens is 1. The average Bonchev–Trinajstić information content (AvgIpc) is 3.22. The molecule has 0 bridgehead atoms. The summed E-state index contributed by atoms with van der Waals surface area (Å²) in [5.74, 6) is 1.03. The van der Waals surface area contributed by atoms with Gasteiger partial charge in [0.1, 0.15) is 6.54 Å². The van der Waals surface area contributed by atoms with E-state index in [0.717, 1.165) is 31.6 Å². The Hall–Kier alpha value is -1.65. The first-order valence-corrected chi connectivity index (χ1v) is 8.80. The van der Waals surface area contributed by atoms with Gasteiger partial charge in [0.25, 0.3) is 0 Å². The zero-order valence-corrected chi connectivity index (χ0v) is 14.5. The molecule has 2 aromatic heterocycles. The molecule has 3 heterocycles. The smallest absolute Gasteiger partial charge is 0.207 e. The molecule has 8 nitrogen and oxygen atoms in total. The summed E-state index contributed by atoms with van der Waals surface area (Å²) >= 11 is 7.06. The lowest BCUT2D eigenvalue weighted by Gasteiger charge is -2.31. The Labute approximate surface area is 148 Å². The molecule has 10 heteroatoms. The minimum absolute atomic E-state index is 0.116. The summed E-state index contributed by atoms with van der Waals surface area (Å²) in [5.41, 5.74) is 9.18. The number of hydrogen-bond acceptors (Lipinski definition) is 6. The summed E-state index contributed by atoms with van der Waals surface area (Å²) in [6.07, 6.45) is 1.76. The van der Waals surface area contributed by atoms with Crippen LogP contribution in [0.2, 0.25) is 4.34 Å². The van der Waals surface area contributed by atoms with Crippen LogP contribution in [-0.4, -0.2) is 29.1 Å². The predicted molar refractivity (Wildman–Crippen MR) is 92.1 cm³/mol. The zero-order chi connectivity index (χ0) is 17.1. The van der Waals surface area contributed by atoms with E-state index in [-0.39, 0.29) is 17.7 Å². The Kier molecular flexibility index (Phi) is 5.36. The van der Waals surface area contributed by atoms with E-state index < -0.39 is 0 Å². The highest BCUT2D eigenvalue weighted by Gasteiger charge is 2.24. The van der Waals surface area contributed by atoms with E-state index in [1.807, 2.05) is 11.0 Å². The lowest BCUT2D eigenvalue weighted by molar-refractivity contribution is -0.827. The van der Waals surface area contributed by atoms with E-state index in [0.29, 0.717) is 21.0 Å². The van der Waals surface area contributed by atoms with Gasteiger partial charge in [-0.15, -0.1) is 0 Å². The molecule has 24 heavy (non-hydrogen) atoms. The molecule has 1 saturated heterocycles. The average molecular weight is 371 g/mol. The van der Waals surface area contributed by atoms with Crippen LogP contribution in [-0.2, 0) is 6.54 Å². The Morgan fingerprint density at radius 3 is 2.92 bits per heavy atom. The topological polar surface area (TPSA) is 119 Å². The molecule has 0 radical (unpaired) electrons. The van der Waals surface area contributed by atoms with Crippen molar-refractivity contribution in [2.45, 2.75) is 25.3 Å². The van der Waals surface area contributed by atoms with E-state index in [1.165, 1.54) is 11.3 Å². The summed E-state index contributed by atoms with van der Waals surface area (Å²) in [6.45, 7) is 1.78. The van der Waals surface area contributed by atoms with E-state index in [4.69, 9.17) is 27.3 Å². The number of nitrogens with zero attached hydrogens (tertiary/aromatic N) is 2. The van der Waals surface area contributed by atoms with Gasteiger partial charge < -0.3 is 20.4 Å². The molecule has 1 fully saturated rings. The number of nitrogens with two attached hydrogens (primary N) is 1.